The molecule has 2 nitrogen and oxygen atoms in total. The predicted octanol–water partition coefficient (Wildman–Crippen LogP) is 3.12. The lowest BCUT2D eigenvalue weighted by molar-refractivity contribution is 1.14. The molecule has 0 amide bonds. The molecule has 4 heteroatoms. The Morgan fingerprint density at radius 1 is 1.38 bits per heavy atom. The van der Waals surface area contributed by atoms with Crippen molar-refractivity contribution in [3.8, 4) is 0 Å². The average Bonchev–Trinajstić information content (AvgIpc) is 2.42. The quantitative estimate of drug-likeness (QED) is 0.780. The van der Waals surface area contributed by atoms with Crippen LogP contribution in [0.4, 0.5) is 5.69 Å². The Kier molecular flexibility index (Phi) is 2.26. The summed E-state index contributed by atoms with van der Waals surface area (Å²) in [6.45, 7) is 0. The summed E-state index contributed by atoms with van der Waals surface area (Å²) in [6.07, 6.45) is 0. The Labute approximate surface area is 89.3 Å². The molecule has 0 radical (unpaired) electrons. The lowest BCUT2D eigenvalue weighted by Gasteiger charge is -2.11. The fourth-order valence-corrected chi connectivity index (χ4v) is 2.60. The highest BCUT2D eigenvalue weighted by Gasteiger charge is 2.02. The van der Waals surface area contributed by atoms with Gasteiger partial charge in [-0.2, -0.15) is 0 Å². The van der Waals surface area contributed by atoms with Crippen LogP contribution in [0.2, 0.25) is 0 Å². The standard InChI is InChI=1S/C9H9BrN2S/c1-12(2)6-3-4-7-8(5-6)13-9(10)11-7/h3-5H,1-2H3. The molecule has 0 fully saturated rings. The SMILES string of the molecule is CN(C)c1ccc2nc(Br)sc2c1. The second-order valence-corrected chi connectivity index (χ2v) is 5.32. The molecular weight excluding hydrogens is 248 g/mol. The Morgan fingerprint density at radius 3 is 2.85 bits per heavy atom. The minimum atomic E-state index is 0.943. The van der Waals surface area contributed by atoms with Gasteiger partial charge in [0.15, 0.2) is 3.92 Å². The second kappa shape index (κ2) is 3.27. The van der Waals surface area contributed by atoms with Gasteiger partial charge in [0.1, 0.15) is 0 Å². The van der Waals surface area contributed by atoms with E-state index >= 15 is 0 Å². The van der Waals surface area contributed by atoms with Gasteiger partial charge in [-0.05, 0) is 34.1 Å². The number of aromatic nitrogens is 1. The smallest absolute Gasteiger partial charge is 0.160 e. The van der Waals surface area contributed by atoms with Crippen molar-refractivity contribution in [2.45, 2.75) is 0 Å². The first-order chi connectivity index (χ1) is 6.16. The van der Waals surface area contributed by atoms with Gasteiger partial charge in [-0.15, -0.1) is 11.3 Å². The third-order valence-corrected chi connectivity index (χ3v) is 3.33. The minimum Gasteiger partial charge on any atom is -0.378 e. The molecule has 2 rings (SSSR count). The molecule has 1 aromatic carbocycles. The van der Waals surface area contributed by atoms with Crippen LogP contribution in [0.15, 0.2) is 22.1 Å². The van der Waals surface area contributed by atoms with Gasteiger partial charge in [0.25, 0.3) is 0 Å². The van der Waals surface area contributed by atoms with Crippen molar-refractivity contribution < 1.29 is 0 Å². The van der Waals surface area contributed by atoms with Gasteiger partial charge in [0.05, 0.1) is 10.2 Å². The van der Waals surface area contributed by atoms with Crippen LogP contribution in [-0.4, -0.2) is 19.1 Å². The first kappa shape index (κ1) is 8.97. The molecule has 13 heavy (non-hydrogen) atoms. The molecule has 1 heterocycles. The van der Waals surface area contributed by atoms with Crippen LogP contribution in [0.5, 0.6) is 0 Å². The number of halogens is 1. The van der Waals surface area contributed by atoms with Gasteiger partial charge in [-0.1, -0.05) is 0 Å². The van der Waals surface area contributed by atoms with Gasteiger partial charge < -0.3 is 4.90 Å². The monoisotopic (exact) mass is 256 g/mol. The number of anilines is 1. The molecule has 0 atom stereocenters. The van der Waals surface area contributed by atoms with Crippen molar-refractivity contribution in [1.82, 2.24) is 4.98 Å². The number of hydrogen-bond donors (Lipinski definition) is 0. The summed E-state index contributed by atoms with van der Waals surface area (Å²) in [6, 6.07) is 6.28. The largest absolute Gasteiger partial charge is 0.378 e. The van der Waals surface area contributed by atoms with Crippen molar-refractivity contribution in [2.75, 3.05) is 19.0 Å². The molecule has 0 saturated carbocycles. The molecule has 0 bridgehead atoms. The summed E-state index contributed by atoms with van der Waals surface area (Å²) in [5.41, 5.74) is 2.27. The normalized spacial score (nSPS) is 10.7. The average molecular weight is 257 g/mol. The van der Waals surface area contributed by atoms with Crippen molar-refractivity contribution in [3.05, 3.63) is 22.1 Å². The number of benzene rings is 1. The van der Waals surface area contributed by atoms with Gasteiger partial charge in [-0.3, -0.25) is 0 Å². The van der Waals surface area contributed by atoms with Crippen LogP contribution in [0.3, 0.4) is 0 Å². The fourth-order valence-electron chi connectivity index (χ4n) is 1.16. The zero-order valence-corrected chi connectivity index (χ0v) is 9.82. The number of thiazole rings is 1. The van der Waals surface area contributed by atoms with E-state index in [4.69, 9.17) is 0 Å². The van der Waals surface area contributed by atoms with E-state index < -0.39 is 0 Å². The minimum absolute atomic E-state index is 0.943. The molecule has 0 aliphatic carbocycles. The molecule has 0 spiro atoms. The van der Waals surface area contributed by atoms with Crippen LogP contribution in [0, 0.1) is 0 Å². The maximum Gasteiger partial charge on any atom is 0.160 e. The molecular formula is C9H9BrN2S. The van der Waals surface area contributed by atoms with E-state index in [2.05, 4.69) is 37.9 Å². The van der Waals surface area contributed by atoms with Crippen LogP contribution < -0.4 is 4.90 Å². The van der Waals surface area contributed by atoms with Crippen molar-refractivity contribution in [1.29, 1.82) is 0 Å². The van der Waals surface area contributed by atoms with E-state index in [-0.39, 0.29) is 0 Å². The first-order valence-corrected chi connectivity index (χ1v) is 5.51. The number of fused-ring (bicyclic) bond motifs is 1. The Morgan fingerprint density at radius 2 is 2.15 bits per heavy atom. The number of nitrogens with zero attached hydrogens (tertiary/aromatic N) is 2. The molecule has 0 aliphatic rings. The summed E-state index contributed by atoms with van der Waals surface area (Å²) in [4.78, 5) is 6.42. The summed E-state index contributed by atoms with van der Waals surface area (Å²) in [5, 5.41) is 0. The van der Waals surface area contributed by atoms with E-state index in [9.17, 15) is 0 Å². The van der Waals surface area contributed by atoms with Gasteiger partial charge >= 0.3 is 0 Å². The summed E-state index contributed by atoms with van der Waals surface area (Å²) >= 11 is 5.04. The third-order valence-electron chi connectivity index (χ3n) is 1.86. The van der Waals surface area contributed by atoms with Crippen LogP contribution in [-0.2, 0) is 0 Å². The Hall–Kier alpha value is -0.610. The topological polar surface area (TPSA) is 16.1 Å². The molecule has 2 aromatic rings. The van der Waals surface area contributed by atoms with E-state index in [1.54, 1.807) is 11.3 Å². The van der Waals surface area contributed by atoms with Gasteiger partial charge in [-0.25, -0.2) is 4.98 Å². The maximum atomic E-state index is 4.33. The molecule has 0 saturated heterocycles. The van der Waals surface area contributed by atoms with Crippen LogP contribution in [0.25, 0.3) is 10.2 Å². The van der Waals surface area contributed by atoms with Crippen molar-refractivity contribution in [2.24, 2.45) is 0 Å². The van der Waals surface area contributed by atoms with Crippen LogP contribution in [0.1, 0.15) is 0 Å². The lowest BCUT2D eigenvalue weighted by atomic mass is 10.3. The summed E-state index contributed by atoms with van der Waals surface area (Å²) in [5.74, 6) is 0. The van der Waals surface area contributed by atoms with Crippen LogP contribution >= 0.6 is 27.3 Å². The molecule has 68 valence electrons. The highest BCUT2D eigenvalue weighted by atomic mass is 79.9. The molecule has 0 unspecified atom stereocenters. The maximum absolute atomic E-state index is 4.33. The number of rotatable bonds is 1. The second-order valence-electron chi connectivity index (χ2n) is 3.01. The van der Waals surface area contributed by atoms with E-state index in [1.165, 1.54) is 10.4 Å². The summed E-state index contributed by atoms with van der Waals surface area (Å²) < 4.78 is 2.16. The highest BCUT2D eigenvalue weighted by molar-refractivity contribution is 9.11. The third kappa shape index (κ3) is 1.69. The highest BCUT2D eigenvalue weighted by Crippen LogP contribution is 2.28. The first-order valence-electron chi connectivity index (χ1n) is 3.90. The van der Waals surface area contributed by atoms with Gasteiger partial charge in [0.2, 0.25) is 0 Å². The van der Waals surface area contributed by atoms with Crippen molar-refractivity contribution >= 4 is 43.2 Å². The lowest BCUT2D eigenvalue weighted by Crippen LogP contribution is -2.07. The summed E-state index contributed by atoms with van der Waals surface area (Å²) in [7, 11) is 4.08. The number of hydrogen-bond acceptors (Lipinski definition) is 3. The molecule has 0 aliphatic heterocycles. The predicted molar refractivity (Wildman–Crippen MR) is 61.6 cm³/mol. The van der Waals surface area contributed by atoms with E-state index in [0.29, 0.717) is 0 Å². The molecule has 0 N–H and O–H groups in total. The fraction of sp³-hybridized carbons (Fsp3) is 0.222. The Balaban J connectivity index is 2.61. The zero-order chi connectivity index (χ0) is 9.42. The molecule has 1 aromatic heterocycles. The zero-order valence-electron chi connectivity index (χ0n) is 7.41. The van der Waals surface area contributed by atoms with Gasteiger partial charge in [0, 0.05) is 19.8 Å². The van der Waals surface area contributed by atoms with E-state index in [0.717, 1.165) is 9.43 Å². The van der Waals surface area contributed by atoms with E-state index in [1.807, 2.05) is 20.2 Å². The van der Waals surface area contributed by atoms with Crippen molar-refractivity contribution in [3.63, 3.8) is 0 Å². The Bertz CT molecular complexity index is 436.